The molecule has 3 atom stereocenters. The Balaban J connectivity index is 1.53. The SMILES string of the molecule is CS(=O)(=O)N(CCCC(=O)N[C@@H]1C[C@H]2CC[C@H]1C2)c1ccccc1F. The summed E-state index contributed by atoms with van der Waals surface area (Å²) in [4.78, 5) is 12.2. The summed E-state index contributed by atoms with van der Waals surface area (Å²) in [5, 5.41) is 3.09. The maximum absolute atomic E-state index is 13.9. The summed E-state index contributed by atoms with van der Waals surface area (Å²) >= 11 is 0. The Morgan fingerprint density at radius 2 is 2.04 bits per heavy atom. The Kier molecular flexibility index (Phi) is 5.32. The van der Waals surface area contributed by atoms with E-state index in [9.17, 15) is 17.6 Å². The molecule has 2 saturated carbocycles. The fourth-order valence-corrected chi connectivity index (χ4v) is 5.17. The molecule has 1 aromatic carbocycles. The quantitative estimate of drug-likeness (QED) is 0.805. The van der Waals surface area contributed by atoms with E-state index in [1.807, 2.05) is 0 Å². The molecule has 0 aromatic heterocycles. The topological polar surface area (TPSA) is 66.5 Å². The largest absolute Gasteiger partial charge is 0.353 e. The molecule has 2 bridgehead atoms. The highest BCUT2D eigenvalue weighted by Crippen LogP contribution is 2.44. The molecule has 0 radical (unpaired) electrons. The van der Waals surface area contributed by atoms with Crippen molar-refractivity contribution in [3.05, 3.63) is 30.1 Å². The molecule has 2 fully saturated rings. The third kappa shape index (κ3) is 4.32. The molecule has 1 aromatic rings. The fourth-order valence-electron chi connectivity index (χ4n) is 4.20. The number of hydrogen-bond acceptors (Lipinski definition) is 3. The molecule has 0 unspecified atom stereocenters. The third-order valence-corrected chi connectivity index (χ3v) is 6.55. The van der Waals surface area contributed by atoms with Crippen molar-refractivity contribution >= 4 is 21.6 Å². The predicted octanol–water partition coefficient (Wildman–Crippen LogP) is 2.68. The lowest BCUT2D eigenvalue weighted by molar-refractivity contribution is -0.122. The Morgan fingerprint density at radius 1 is 1.28 bits per heavy atom. The first-order valence-electron chi connectivity index (χ1n) is 8.86. The van der Waals surface area contributed by atoms with E-state index in [1.54, 1.807) is 6.07 Å². The molecule has 2 aliphatic rings. The predicted molar refractivity (Wildman–Crippen MR) is 95.2 cm³/mol. The van der Waals surface area contributed by atoms with Crippen molar-refractivity contribution in [3.63, 3.8) is 0 Å². The average Bonchev–Trinajstić information content (AvgIpc) is 3.14. The van der Waals surface area contributed by atoms with Crippen LogP contribution in [0.15, 0.2) is 24.3 Å². The smallest absolute Gasteiger partial charge is 0.232 e. The van der Waals surface area contributed by atoms with Gasteiger partial charge < -0.3 is 5.32 Å². The van der Waals surface area contributed by atoms with Gasteiger partial charge in [-0.25, -0.2) is 12.8 Å². The summed E-state index contributed by atoms with van der Waals surface area (Å²) in [6.07, 6.45) is 6.42. The number of carbonyl (C=O) groups is 1. The van der Waals surface area contributed by atoms with Gasteiger partial charge in [-0.3, -0.25) is 9.10 Å². The summed E-state index contributed by atoms with van der Waals surface area (Å²) in [7, 11) is -3.61. The van der Waals surface area contributed by atoms with Gasteiger partial charge in [0.1, 0.15) is 5.82 Å². The number of nitrogens with one attached hydrogen (secondary N) is 1. The molecule has 1 N–H and O–H groups in total. The molecule has 0 aliphatic heterocycles. The van der Waals surface area contributed by atoms with Crippen LogP contribution >= 0.6 is 0 Å². The van der Waals surface area contributed by atoms with Gasteiger partial charge in [0.15, 0.2) is 0 Å². The van der Waals surface area contributed by atoms with Crippen LogP contribution < -0.4 is 9.62 Å². The van der Waals surface area contributed by atoms with Crippen molar-refractivity contribution in [2.45, 2.75) is 44.6 Å². The average molecular weight is 368 g/mol. The molecule has 5 nitrogen and oxygen atoms in total. The van der Waals surface area contributed by atoms with Crippen LogP contribution in [0.1, 0.15) is 38.5 Å². The zero-order chi connectivity index (χ0) is 18.0. The zero-order valence-electron chi connectivity index (χ0n) is 14.4. The number of nitrogens with zero attached hydrogens (tertiary/aromatic N) is 1. The Bertz CT molecular complexity index is 738. The monoisotopic (exact) mass is 368 g/mol. The van der Waals surface area contributed by atoms with E-state index in [0.717, 1.165) is 22.9 Å². The maximum atomic E-state index is 13.9. The second-order valence-electron chi connectivity index (χ2n) is 7.24. The third-order valence-electron chi connectivity index (χ3n) is 5.37. The molecule has 7 heteroatoms. The minimum Gasteiger partial charge on any atom is -0.353 e. The lowest BCUT2D eigenvalue weighted by Crippen LogP contribution is -2.39. The first-order chi connectivity index (χ1) is 11.8. The first-order valence-corrected chi connectivity index (χ1v) is 10.7. The number of benzene rings is 1. The van der Waals surface area contributed by atoms with Crippen molar-refractivity contribution in [1.29, 1.82) is 0 Å². The first kappa shape index (κ1) is 18.2. The molecule has 138 valence electrons. The van der Waals surface area contributed by atoms with E-state index >= 15 is 0 Å². The molecule has 0 heterocycles. The number of hydrogen-bond donors (Lipinski definition) is 1. The van der Waals surface area contributed by atoms with Crippen molar-refractivity contribution in [3.8, 4) is 0 Å². The normalized spacial score (nSPS) is 25.1. The van der Waals surface area contributed by atoms with Gasteiger partial charge in [-0.2, -0.15) is 0 Å². The van der Waals surface area contributed by atoms with Gasteiger partial charge >= 0.3 is 0 Å². The molecular weight excluding hydrogens is 343 g/mol. The van der Waals surface area contributed by atoms with E-state index in [1.165, 1.54) is 37.5 Å². The standard InChI is InChI=1S/C18H25FN2O3S/c1-25(23,24)21(17-6-3-2-5-15(17)19)10-4-7-18(22)20-16-12-13-8-9-14(16)11-13/h2-3,5-6,13-14,16H,4,7-12H2,1H3,(H,20,22)/t13-,14-,16+/m0/s1. The summed E-state index contributed by atoms with van der Waals surface area (Å²) in [5.41, 5.74) is 0.0264. The van der Waals surface area contributed by atoms with Gasteiger partial charge in [-0.1, -0.05) is 18.6 Å². The van der Waals surface area contributed by atoms with E-state index < -0.39 is 15.8 Å². The van der Waals surface area contributed by atoms with Crippen LogP contribution in [0, 0.1) is 17.7 Å². The van der Waals surface area contributed by atoms with Crippen molar-refractivity contribution in [2.75, 3.05) is 17.1 Å². The molecule has 2 aliphatic carbocycles. The summed E-state index contributed by atoms with van der Waals surface area (Å²) in [5.74, 6) is 0.746. The van der Waals surface area contributed by atoms with Crippen molar-refractivity contribution in [2.24, 2.45) is 11.8 Å². The number of amides is 1. The van der Waals surface area contributed by atoms with E-state index in [-0.39, 0.29) is 30.6 Å². The fraction of sp³-hybridized carbons (Fsp3) is 0.611. The lowest BCUT2D eigenvalue weighted by Gasteiger charge is -2.24. The second-order valence-corrected chi connectivity index (χ2v) is 9.15. The van der Waals surface area contributed by atoms with E-state index in [0.29, 0.717) is 12.3 Å². The van der Waals surface area contributed by atoms with Crippen molar-refractivity contribution < 1.29 is 17.6 Å². The van der Waals surface area contributed by atoms with Gasteiger partial charge in [0.05, 0.1) is 11.9 Å². The van der Waals surface area contributed by atoms with Gasteiger partial charge in [0.2, 0.25) is 15.9 Å². The van der Waals surface area contributed by atoms with Gasteiger partial charge in [0.25, 0.3) is 0 Å². The lowest BCUT2D eigenvalue weighted by atomic mass is 9.95. The molecule has 0 saturated heterocycles. The molecule has 3 rings (SSSR count). The van der Waals surface area contributed by atoms with Crippen LogP contribution in [0.4, 0.5) is 10.1 Å². The Morgan fingerprint density at radius 3 is 2.64 bits per heavy atom. The number of fused-ring (bicyclic) bond motifs is 2. The number of rotatable bonds is 7. The molecule has 1 amide bonds. The highest BCUT2D eigenvalue weighted by Gasteiger charge is 2.39. The minimum atomic E-state index is -3.61. The summed E-state index contributed by atoms with van der Waals surface area (Å²) in [6.45, 7) is 0.0872. The zero-order valence-corrected chi connectivity index (χ0v) is 15.3. The second kappa shape index (κ2) is 7.32. The van der Waals surface area contributed by atoms with Crippen molar-refractivity contribution in [1.82, 2.24) is 5.32 Å². The minimum absolute atomic E-state index is 0.0264. The van der Waals surface area contributed by atoms with Crippen LogP contribution in [0.3, 0.4) is 0 Å². The van der Waals surface area contributed by atoms with Crippen LogP contribution in [-0.4, -0.2) is 33.2 Å². The van der Waals surface area contributed by atoms with Crippen LogP contribution in [0.5, 0.6) is 0 Å². The number of anilines is 1. The Hall–Kier alpha value is -1.63. The highest BCUT2D eigenvalue weighted by atomic mass is 32.2. The number of sulfonamides is 1. The van der Waals surface area contributed by atoms with Gasteiger partial charge in [-0.15, -0.1) is 0 Å². The van der Waals surface area contributed by atoms with Crippen LogP contribution in [-0.2, 0) is 14.8 Å². The molecular formula is C18H25FN2O3S. The maximum Gasteiger partial charge on any atom is 0.232 e. The Labute approximate surface area is 148 Å². The van der Waals surface area contributed by atoms with E-state index in [4.69, 9.17) is 0 Å². The number of para-hydroxylation sites is 1. The molecule has 0 spiro atoms. The number of halogens is 1. The van der Waals surface area contributed by atoms with Gasteiger partial charge in [0, 0.05) is 19.0 Å². The number of carbonyl (C=O) groups excluding carboxylic acids is 1. The summed E-state index contributed by atoms with van der Waals surface area (Å²) in [6, 6.07) is 6.06. The van der Waals surface area contributed by atoms with Crippen LogP contribution in [0.2, 0.25) is 0 Å². The van der Waals surface area contributed by atoms with Gasteiger partial charge in [-0.05, 0) is 49.7 Å². The van der Waals surface area contributed by atoms with Crippen LogP contribution in [0.25, 0.3) is 0 Å². The summed E-state index contributed by atoms with van der Waals surface area (Å²) < 4.78 is 38.9. The van der Waals surface area contributed by atoms with E-state index in [2.05, 4.69) is 5.32 Å². The highest BCUT2D eigenvalue weighted by molar-refractivity contribution is 7.92. The molecule has 25 heavy (non-hydrogen) atoms.